The largest absolute Gasteiger partial charge is 0.431 e. The summed E-state index contributed by atoms with van der Waals surface area (Å²) >= 11 is 7.25. The van der Waals surface area contributed by atoms with E-state index in [1.807, 2.05) is 6.07 Å². The molecule has 0 saturated heterocycles. The Morgan fingerprint density at radius 3 is 3.09 bits per heavy atom. The molecule has 3 atom stereocenters. The van der Waals surface area contributed by atoms with E-state index in [0.29, 0.717) is 33.4 Å². The molecule has 1 aliphatic rings. The van der Waals surface area contributed by atoms with Crippen molar-refractivity contribution in [2.45, 2.75) is 44.4 Å². The van der Waals surface area contributed by atoms with Gasteiger partial charge in [-0.25, -0.2) is 4.98 Å². The van der Waals surface area contributed by atoms with E-state index in [-0.39, 0.29) is 11.9 Å². The smallest absolute Gasteiger partial charge is 0.257 e. The zero-order valence-electron chi connectivity index (χ0n) is 13.3. The lowest BCUT2D eigenvalue weighted by atomic mass is 9.78. The number of halogens is 1. The maximum atomic E-state index is 12.2. The van der Waals surface area contributed by atoms with Crippen molar-refractivity contribution >= 4 is 40.4 Å². The number of fused-ring (bicyclic) bond motifs is 1. The molecular weight excluding hydrogens is 332 g/mol. The highest BCUT2D eigenvalue weighted by Gasteiger charge is 2.28. The van der Waals surface area contributed by atoms with E-state index in [1.54, 1.807) is 12.1 Å². The molecule has 1 aliphatic carbocycles. The Bertz CT molecular complexity index is 703. The summed E-state index contributed by atoms with van der Waals surface area (Å²) in [6, 6.07) is 5.61. The van der Waals surface area contributed by atoms with E-state index in [2.05, 4.69) is 24.1 Å². The van der Waals surface area contributed by atoms with Crippen LogP contribution in [0.1, 0.15) is 33.1 Å². The van der Waals surface area contributed by atoms with Crippen LogP contribution in [0.15, 0.2) is 27.8 Å². The maximum absolute atomic E-state index is 12.2. The fraction of sp³-hybridized carbons (Fsp3) is 0.529. The van der Waals surface area contributed by atoms with E-state index >= 15 is 0 Å². The second-order valence-corrected chi connectivity index (χ2v) is 7.68. The van der Waals surface area contributed by atoms with Crippen LogP contribution in [0.5, 0.6) is 0 Å². The molecule has 4 nitrogen and oxygen atoms in total. The number of carbonyl (C=O) groups excluding carboxylic acids is 1. The van der Waals surface area contributed by atoms with Crippen molar-refractivity contribution in [3.63, 3.8) is 0 Å². The molecule has 0 unspecified atom stereocenters. The standard InChI is InChI=1S/C17H21ClN2O2S/c1-10-4-3-5-13(11(10)2)19-16(21)9-23-17-20-14-7-6-12(18)8-15(14)22-17/h6-8,10-11,13H,3-5,9H2,1-2H3,(H,19,21)/t10-,11+,13+/m0/s1. The van der Waals surface area contributed by atoms with Crippen molar-refractivity contribution in [3.8, 4) is 0 Å². The Morgan fingerprint density at radius 2 is 2.26 bits per heavy atom. The molecule has 1 N–H and O–H groups in total. The van der Waals surface area contributed by atoms with Crippen LogP contribution in [0.4, 0.5) is 0 Å². The van der Waals surface area contributed by atoms with Gasteiger partial charge < -0.3 is 9.73 Å². The van der Waals surface area contributed by atoms with Crippen LogP contribution in [0.2, 0.25) is 5.02 Å². The van der Waals surface area contributed by atoms with E-state index in [0.717, 1.165) is 11.9 Å². The van der Waals surface area contributed by atoms with Crippen LogP contribution < -0.4 is 5.32 Å². The van der Waals surface area contributed by atoms with E-state index in [1.165, 1.54) is 24.6 Å². The zero-order valence-corrected chi connectivity index (χ0v) is 14.9. The van der Waals surface area contributed by atoms with E-state index in [9.17, 15) is 4.79 Å². The number of benzene rings is 1. The first-order valence-electron chi connectivity index (χ1n) is 8.01. The Labute approximate surface area is 145 Å². The summed E-state index contributed by atoms with van der Waals surface area (Å²) in [6.45, 7) is 4.49. The van der Waals surface area contributed by atoms with Gasteiger partial charge in [-0.2, -0.15) is 0 Å². The van der Waals surface area contributed by atoms with Crippen LogP contribution >= 0.6 is 23.4 Å². The highest BCUT2D eigenvalue weighted by atomic mass is 35.5. The molecule has 2 aromatic rings. The predicted molar refractivity (Wildman–Crippen MR) is 93.9 cm³/mol. The molecule has 3 rings (SSSR count). The lowest BCUT2D eigenvalue weighted by Crippen LogP contribution is -2.44. The lowest BCUT2D eigenvalue weighted by Gasteiger charge is -2.34. The molecule has 0 bridgehead atoms. The van der Waals surface area contributed by atoms with Crippen LogP contribution in [0, 0.1) is 11.8 Å². The molecule has 6 heteroatoms. The Balaban J connectivity index is 1.55. The molecule has 1 heterocycles. The van der Waals surface area contributed by atoms with Gasteiger partial charge in [0.1, 0.15) is 5.52 Å². The van der Waals surface area contributed by atoms with Gasteiger partial charge in [-0.3, -0.25) is 4.79 Å². The Hall–Kier alpha value is -1.20. The normalized spacial score (nSPS) is 24.7. The predicted octanol–water partition coefficient (Wildman–Crippen LogP) is 4.51. The van der Waals surface area contributed by atoms with Crippen molar-refractivity contribution in [1.29, 1.82) is 0 Å². The molecule has 1 fully saturated rings. The third kappa shape index (κ3) is 4.01. The summed E-state index contributed by atoms with van der Waals surface area (Å²) in [6.07, 6.45) is 3.52. The molecular formula is C17H21ClN2O2S. The van der Waals surface area contributed by atoms with E-state index < -0.39 is 0 Å². The topological polar surface area (TPSA) is 55.1 Å². The van der Waals surface area contributed by atoms with Crippen LogP contribution in [0.3, 0.4) is 0 Å². The van der Waals surface area contributed by atoms with Gasteiger partial charge in [0, 0.05) is 17.1 Å². The molecule has 0 aliphatic heterocycles. The van der Waals surface area contributed by atoms with Crippen molar-refractivity contribution < 1.29 is 9.21 Å². The number of hydrogen-bond acceptors (Lipinski definition) is 4. The second-order valence-electron chi connectivity index (χ2n) is 6.32. The number of thioether (sulfide) groups is 1. The van der Waals surface area contributed by atoms with Gasteiger partial charge in [-0.15, -0.1) is 0 Å². The average molecular weight is 353 g/mol. The van der Waals surface area contributed by atoms with Crippen LogP contribution in [-0.4, -0.2) is 22.7 Å². The fourth-order valence-corrected chi connectivity index (χ4v) is 3.91. The average Bonchev–Trinajstić information content (AvgIpc) is 2.92. The van der Waals surface area contributed by atoms with Crippen molar-refractivity contribution in [2.24, 2.45) is 11.8 Å². The fourth-order valence-electron chi connectivity index (χ4n) is 3.10. The monoisotopic (exact) mass is 352 g/mol. The second kappa shape index (κ2) is 7.14. The molecule has 0 radical (unpaired) electrons. The highest BCUT2D eigenvalue weighted by Crippen LogP contribution is 2.30. The van der Waals surface area contributed by atoms with Crippen molar-refractivity contribution in [1.82, 2.24) is 10.3 Å². The molecule has 124 valence electrons. The van der Waals surface area contributed by atoms with E-state index in [4.69, 9.17) is 16.0 Å². The number of nitrogens with zero attached hydrogens (tertiary/aromatic N) is 1. The minimum Gasteiger partial charge on any atom is -0.431 e. The summed E-state index contributed by atoms with van der Waals surface area (Å²) in [5, 5.41) is 4.28. The Morgan fingerprint density at radius 1 is 1.43 bits per heavy atom. The number of amides is 1. The number of oxazole rings is 1. The van der Waals surface area contributed by atoms with Crippen LogP contribution in [0.25, 0.3) is 11.1 Å². The summed E-state index contributed by atoms with van der Waals surface area (Å²) in [4.78, 5) is 16.5. The van der Waals surface area contributed by atoms with Gasteiger partial charge in [0.15, 0.2) is 5.58 Å². The summed E-state index contributed by atoms with van der Waals surface area (Å²) in [5.41, 5.74) is 1.40. The number of rotatable bonds is 4. The molecule has 23 heavy (non-hydrogen) atoms. The number of carbonyl (C=O) groups is 1. The van der Waals surface area contributed by atoms with Gasteiger partial charge in [-0.05, 0) is 30.4 Å². The summed E-state index contributed by atoms with van der Waals surface area (Å²) < 4.78 is 5.61. The van der Waals surface area contributed by atoms with Gasteiger partial charge in [0.25, 0.3) is 5.22 Å². The first-order chi connectivity index (χ1) is 11.0. The summed E-state index contributed by atoms with van der Waals surface area (Å²) in [7, 11) is 0. The van der Waals surface area contributed by atoms with Gasteiger partial charge >= 0.3 is 0 Å². The number of hydrogen-bond donors (Lipinski definition) is 1. The molecule has 0 spiro atoms. The molecule has 1 aromatic heterocycles. The number of nitrogens with one attached hydrogen (secondary N) is 1. The molecule has 1 saturated carbocycles. The SMILES string of the molecule is C[C@@H]1[C@@H](C)CCC[C@H]1NC(=O)CSc1nc2ccc(Cl)cc2o1. The number of aromatic nitrogens is 1. The van der Waals surface area contributed by atoms with Gasteiger partial charge in [-0.1, -0.05) is 50.1 Å². The minimum atomic E-state index is 0.0428. The lowest BCUT2D eigenvalue weighted by molar-refractivity contribution is -0.120. The van der Waals surface area contributed by atoms with Gasteiger partial charge in [0.05, 0.1) is 5.75 Å². The van der Waals surface area contributed by atoms with Crippen molar-refractivity contribution in [2.75, 3.05) is 5.75 Å². The maximum Gasteiger partial charge on any atom is 0.257 e. The van der Waals surface area contributed by atoms with Crippen LogP contribution in [-0.2, 0) is 4.79 Å². The van der Waals surface area contributed by atoms with Crippen molar-refractivity contribution in [3.05, 3.63) is 23.2 Å². The quantitative estimate of drug-likeness (QED) is 0.822. The first kappa shape index (κ1) is 16.7. The molecule has 1 amide bonds. The highest BCUT2D eigenvalue weighted by molar-refractivity contribution is 7.99. The first-order valence-corrected chi connectivity index (χ1v) is 9.37. The third-order valence-corrected chi connectivity index (χ3v) is 5.77. The molecule has 1 aromatic carbocycles. The summed E-state index contributed by atoms with van der Waals surface area (Å²) in [5.74, 6) is 1.56. The minimum absolute atomic E-state index is 0.0428. The zero-order chi connectivity index (χ0) is 16.4. The Kier molecular flexibility index (Phi) is 5.17. The third-order valence-electron chi connectivity index (χ3n) is 4.71. The van der Waals surface area contributed by atoms with Gasteiger partial charge in [0.2, 0.25) is 5.91 Å².